The van der Waals surface area contributed by atoms with Crippen LogP contribution in [0.5, 0.6) is 11.5 Å². The molecule has 0 fully saturated rings. The minimum Gasteiger partial charge on any atom is -0.497 e. The van der Waals surface area contributed by atoms with Gasteiger partial charge < -0.3 is 9.47 Å². The van der Waals surface area contributed by atoms with Gasteiger partial charge in [-0.2, -0.15) is 0 Å². The summed E-state index contributed by atoms with van der Waals surface area (Å²) in [6.45, 7) is 4.07. The normalized spacial score (nSPS) is 10.6. The van der Waals surface area contributed by atoms with Gasteiger partial charge in [0.2, 0.25) is 0 Å². The van der Waals surface area contributed by atoms with Crippen molar-refractivity contribution in [2.75, 3.05) is 14.2 Å². The maximum Gasteiger partial charge on any atom is 0.265 e. The van der Waals surface area contributed by atoms with E-state index >= 15 is 0 Å². The summed E-state index contributed by atoms with van der Waals surface area (Å²) in [5, 5.41) is 5.67. The lowest BCUT2D eigenvalue weighted by molar-refractivity contribution is 0.414. The second kappa shape index (κ2) is 12.3. The maximum absolute atomic E-state index is 11.7. The number of aromatic nitrogens is 4. The highest BCUT2D eigenvalue weighted by Gasteiger charge is 2.10. The molecule has 0 saturated heterocycles. The van der Waals surface area contributed by atoms with Gasteiger partial charge in [0.1, 0.15) is 11.5 Å². The summed E-state index contributed by atoms with van der Waals surface area (Å²) in [4.78, 5) is 23.5. The fourth-order valence-electron chi connectivity index (χ4n) is 4.53. The van der Waals surface area contributed by atoms with E-state index < -0.39 is 0 Å². The van der Waals surface area contributed by atoms with Crippen molar-refractivity contribution in [2.24, 2.45) is 0 Å². The molecule has 2 aromatic heterocycles. The van der Waals surface area contributed by atoms with Gasteiger partial charge in [-0.05, 0) is 86.6 Å². The van der Waals surface area contributed by atoms with Crippen LogP contribution in [0.3, 0.4) is 0 Å². The van der Waals surface area contributed by atoms with Crippen molar-refractivity contribution in [1.29, 1.82) is 0 Å². The van der Waals surface area contributed by atoms with E-state index in [9.17, 15) is 9.59 Å². The first-order valence-electron chi connectivity index (χ1n) is 13.4. The van der Waals surface area contributed by atoms with E-state index in [-0.39, 0.29) is 11.1 Å². The molecule has 4 aromatic carbocycles. The molecular formula is C34H32N4O4. The SMILES string of the molecule is COc1ccc(-c2cc(=O)[nH]n2-c2ccc(C)cc2)cc1.COc1ccc(-c2cc(=O)[nH]n2-c2ccc(C)cc2)cc1. The number of nitrogens with one attached hydrogen (secondary N) is 2. The third kappa shape index (κ3) is 6.28. The molecule has 0 bridgehead atoms. The Morgan fingerprint density at radius 1 is 0.500 bits per heavy atom. The van der Waals surface area contributed by atoms with Crippen molar-refractivity contribution in [2.45, 2.75) is 13.8 Å². The molecule has 0 aliphatic carbocycles. The summed E-state index contributed by atoms with van der Waals surface area (Å²) in [6, 6.07) is 34.5. The van der Waals surface area contributed by atoms with Crippen LogP contribution in [0.25, 0.3) is 33.9 Å². The molecule has 0 saturated carbocycles. The Morgan fingerprint density at radius 2 is 0.833 bits per heavy atom. The lowest BCUT2D eigenvalue weighted by Gasteiger charge is -2.09. The van der Waals surface area contributed by atoms with Crippen LogP contribution >= 0.6 is 0 Å². The number of methoxy groups -OCH3 is 2. The van der Waals surface area contributed by atoms with Crippen molar-refractivity contribution in [3.8, 4) is 45.4 Å². The molecule has 6 aromatic rings. The van der Waals surface area contributed by atoms with E-state index in [0.717, 1.165) is 45.4 Å². The zero-order valence-electron chi connectivity index (χ0n) is 23.9. The quantitative estimate of drug-likeness (QED) is 0.250. The Balaban J connectivity index is 0.000000168. The highest BCUT2D eigenvalue weighted by Crippen LogP contribution is 2.25. The van der Waals surface area contributed by atoms with Crippen LogP contribution in [0.15, 0.2) is 119 Å². The number of H-pyrrole nitrogens is 2. The van der Waals surface area contributed by atoms with Gasteiger partial charge in [-0.1, -0.05) is 35.4 Å². The van der Waals surface area contributed by atoms with E-state index in [1.54, 1.807) is 35.7 Å². The molecule has 2 N–H and O–H groups in total. The third-order valence-corrected chi connectivity index (χ3v) is 6.82. The van der Waals surface area contributed by atoms with E-state index in [4.69, 9.17) is 9.47 Å². The summed E-state index contributed by atoms with van der Waals surface area (Å²) in [7, 11) is 3.26. The molecule has 8 heteroatoms. The number of ether oxygens (including phenoxy) is 2. The summed E-state index contributed by atoms with van der Waals surface area (Å²) < 4.78 is 13.9. The van der Waals surface area contributed by atoms with Crippen LogP contribution in [-0.4, -0.2) is 33.8 Å². The molecule has 0 spiro atoms. The fourth-order valence-corrected chi connectivity index (χ4v) is 4.53. The summed E-state index contributed by atoms with van der Waals surface area (Å²) in [5.74, 6) is 1.58. The predicted molar refractivity (Wildman–Crippen MR) is 166 cm³/mol. The van der Waals surface area contributed by atoms with Gasteiger partial charge in [-0.3, -0.25) is 29.2 Å². The number of benzene rings is 4. The van der Waals surface area contributed by atoms with Gasteiger partial charge in [0, 0.05) is 23.3 Å². The lowest BCUT2D eigenvalue weighted by Crippen LogP contribution is -2.04. The van der Waals surface area contributed by atoms with Crippen molar-refractivity contribution in [3.05, 3.63) is 141 Å². The molecule has 0 atom stereocenters. The van der Waals surface area contributed by atoms with Gasteiger partial charge in [-0.25, -0.2) is 0 Å². The van der Waals surface area contributed by atoms with Gasteiger partial charge in [-0.15, -0.1) is 0 Å². The molecule has 6 rings (SSSR count). The third-order valence-electron chi connectivity index (χ3n) is 6.82. The van der Waals surface area contributed by atoms with Gasteiger partial charge in [0.15, 0.2) is 0 Å². The summed E-state index contributed by atoms with van der Waals surface area (Å²) in [5.41, 5.74) is 7.52. The van der Waals surface area contributed by atoms with Crippen LogP contribution in [-0.2, 0) is 0 Å². The number of hydrogen-bond acceptors (Lipinski definition) is 4. The Kier molecular flexibility index (Phi) is 8.24. The number of rotatable bonds is 6. The molecule has 212 valence electrons. The monoisotopic (exact) mass is 560 g/mol. The van der Waals surface area contributed by atoms with Gasteiger partial charge >= 0.3 is 0 Å². The maximum atomic E-state index is 11.7. The minimum atomic E-state index is -0.124. The molecule has 0 radical (unpaired) electrons. The average Bonchev–Trinajstić information content (AvgIpc) is 3.61. The largest absolute Gasteiger partial charge is 0.497 e. The number of hydrogen-bond donors (Lipinski definition) is 2. The molecular weight excluding hydrogens is 528 g/mol. The minimum absolute atomic E-state index is 0.124. The number of aromatic amines is 2. The standard InChI is InChI=1S/2C17H16N2O2/c2*1-12-3-7-14(8-4-12)19-16(11-17(20)18-19)13-5-9-15(21-2)10-6-13/h2*3-11H,1-2H3,(H,18,20). The average molecular weight is 561 g/mol. The fraction of sp³-hybridized carbons (Fsp3) is 0.118. The Labute approximate surface area is 243 Å². The smallest absolute Gasteiger partial charge is 0.265 e. The van der Waals surface area contributed by atoms with Crippen LogP contribution in [0.2, 0.25) is 0 Å². The molecule has 8 nitrogen and oxygen atoms in total. The molecule has 0 aliphatic heterocycles. The lowest BCUT2D eigenvalue weighted by atomic mass is 10.1. The zero-order valence-corrected chi connectivity index (χ0v) is 23.9. The number of nitrogens with zero attached hydrogens (tertiary/aromatic N) is 2. The second-order valence-corrected chi connectivity index (χ2v) is 9.81. The first-order chi connectivity index (χ1) is 20.3. The highest BCUT2D eigenvalue weighted by molar-refractivity contribution is 5.64. The molecule has 42 heavy (non-hydrogen) atoms. The van der Waals surface area contributed by atoms with Crippen molar-refractivity contribution in [3.63, 3.8) is 0 Å². The molecule has 0 amide bonds. The molecule has 2 heterocycles. The van der Waals surface area contributed by atoms with Crippen LogP contribution in [0.4, 0.5) is 0 Å². The van der Waals surface area contributed by atoms with Crippen LogP contribution in [0, 0.1) is 13.8 Å². The second-order valence-electron chi connectivity index (χ2n) is 9.81. The van der Waals surface area contributed by atoms with Crippen LogP contribution in [0.1, 0.15) is 11.1 Å². The van der Waals surface area contributed by atoms with Crippen molar-refractivity contribution < 1.29 is 9.47 Å². The Morgan fingerprint density at radius 3 is 1.14 bits per heavy atom. The first kappa shape index (κ1) is 28.0. The topological polar surface area (TPSA) is 94.0 Å². The van der Waals surface area contributed by atoms with Gasteiger partial charge in [0.25, 0.3) is 11.1 Å². The van der Waals surface area contributed by atoms with Crippen LogP contribution < -0.4 is 20.6 Å². The van der Waals surface area contributed by atoms with Gasteiger partial charge in [0.05, 0.1) is 37.0 Å². The van der Waals surface area contributed by atoms with E-state index in [1.807, 2.05) is 111 Å². The Bertz CT molecular complexity index is 1730. The summed E-state index contributed by atoms with van der Waals surface area (Å²) >= 11 is 0. The van der Waals surface area contributed by atoms with E-state index in [1.165, 1.54) is 11.1 Å². The first-order valence-corrected chi connectivity index (χ1v) is 13.4. The molecule has 0 aliphatic rings. The van der Waals surface area contributed by atoms with Crippen molar-refractivity contribution in [1.82, 2.24) is 19.6 Å². The van der Waals surface area contributed by atoms with E-state index in [0.29, 0.717) is 0 Å². The predicted octanol–water partition coefficient (Wildman–Crippen LogP) is 6.30. The van der Waals surface area contributed by atoms with Crippen molar-refractivity contribution >= 4 is 0 Å². The van der Waals surface area contributed by atoms with E-state index in [2.05, 4.69) is 10.2 Å². The summed E-state index contributed by atoms with van der Waals surface area (Å²) in [6.07, 6.45) is 0. The Hall–Kier alpha value is -5.50. The highest BCUT2D eigenvalue weighted by atomic mass is 16.5. The number of aryl methyl sites for hydroxylation is 2. The zero-order chi connectivity index (χ0) is 29.6. The molecule has 0 unspecified atom stereocenters.